The van der Waals surface area contributed by atoms with Crippen LogP contribution in [-0.2, 0) is 9.09 Å². The Morgan fingerprint density at radius 2 is 2.25 bits per heavy atom. The van der Waals surface area contributed by atoms with Gasteiger partial charge >= 0.3 is 46.4 Å². The molecule has 0 N–H and O–H groups in total. The van der Waals surface area contributed by atoms with Gasteiger partial charge in [-0.05, 0) is 5.92 Å². The zero-order valence-corrected chi connectivity index (χ0v) is 8.36. The van der Waals surface area contributed by atoms with E-state index < -0.39 is 0 Å². The molecule has 0 aromatic heterocycles. The molecule has 0 rings (SSSR count). The monoisotopic (exact) mass is 162 g/mol. The smallest absolute Gasteiger partial charge is 1.00 e. The summed E-state index contributed by atoms with van der Waals surface area (Å²) in [6.07, 6.45) is 0. The molecule has 0 unspecified atom stereocenters. The fourth-order valence-corrected chi connectivity index (χ4v) is 0.539. The third kappa shape index (κ3) is 10.3. The average Bonchev–Trinajstić information content (AvgIpc) is 1.61. The van der Waals surface area contributed by atoms with Crippen LogP contribution in [0.15, 0.2) is 0 Å². The Morgan fingerprint density at radius 1 is 1.75 bits per heavy atom. The molecule has 0 amide bonds. The third-order valence-electron chi connectivity index (χ3n) is 0.461. The maximum atomic E-state index is 9.58. The van der Waals surface area contributed by atoms with Crippen LogP contribution in [0.3, 0.4) is 0 Å². The van der Waals surface area contributed by atoms with E-state index in [0.29, 0.717) is 12.5 Å². The van der Waals surface area contributed by atoms with Crippen molar-refractivity contribution < 1.29 is 11.9 Å². The third-order valence-corrected chi connectivity index (χ3v) is 0.715. The van der Waals surface area contributed by atoms with E-state index in [1.165, 1.54) is 0 Å². The van der Waals surface area contributed by atoms with Crippen LogP contribution in [0.2, 0.25) is 0 Å². The Labute approximate surface area is 84.2 Å². The standard InChI is InChI=1S/C4H9O2P.Ca.2H/c1-4(2)3-6-7-5;;;/h4H,3H2,1-2H3;;;/q;+2;2*-1. The van der Waals surface area contributed by atoms with Crippen molar-refractivity contribution in [3.63, 3.8) is 0 Å². The first-order valence-electron chi connectivity index (χ1n) is 2.22. The zero-order valence-electron chi connectivity index (χ0n) is 7.26. The summed E-state index contributed by atoms with van der Waals surface area (Å²) in [4.78, 5) is 0. The van der Waals surface area contributed by atoms with Crippen LogP contribution in [0.5, 0.6) is 0 Å². The van der Waals surface area contributed by atoms with Crippen molar-refractivity contribution in [2.45, 2.75) is 13.8 Å². The van der Waals surface area contributed by atoms with Gasteiger partial charge in [0.25, 0.3) is 0 Å². The molecule has 0 radical (unpaired) electrons. The van der Waals surface area contributed by atoms with E-state index in [1.807, 2.05) is 13.8 Å². The second-order valence-electron chi connectivity index (χ2n) is 1.76. The van der Waals surface area contributed by atoms with Crippen molar-refractivity contribution in [2.24, 2.45) is 5.92 Å². The molecule has 0 atom stereocenters. The van der Waals surface area contributed by atoms with Gasteiger partial charge < -0.3 is 2.85 Å². The van der Waals surface area contributed by atoms with E-state index in [9.17, 15) is 4.57 Å². The van der Waals surface area contributed by atoms with Crippen molar-refractivity contribution in [1.82, 2.24) is 0 Å². The van der Waals surface area contributed by atoms with Crippen LogP contribution in [0.1, 0.15) is 16.7 Å². The van der Waals surface area contributed by atoms with Crippen molar-refractivity contribution >= 4 is 46.4 Å². The molecular formula is C4H11CaO2P. The first-order chi connectivity index (χ1) is 3.27. The second-order valence-corrected chi connectivity index (χ2v) is 2.17. The van der Waals surface area contributed by atoms with Crippen LogP contribution in [-0.4, -0.2) is 44.3 Å². The Bertz CT molecular complexity index is 65.2. The summed E-state index contributed by atoms with van der Waals surface area (Å²) in [6, 6.07) is 0. The van der Waals surface area contributed by atoms with Gasteiger partial charge in [0.05, 0.1) is 6.61 Å². The predicted molar refractivity (Wildman–Crippen MR) is 36.4 cm³/mol. The van der Waals surface area contributed by atoms with Gasteiger partial charge in [-0.25, -0.2) is 4.57 Å². The van der Waals surface area contributed by atoms with Crippen LogP contribution < -0.4 is 0 Å². The molecule has 0 aliphatic heterocycles. The van der Waals surface area contributed by atoms with Crippen LogP contribution in [0.4, 0.5) is 0 Å². The van der Waals surface area contributed by atoms with Crippen molar-refractivity contribution in [1.29, 1.82) is 0 Å². The largest absolute Gasteiger partial charge is 2.00 e. The molecular weight excluding hydrogens is 151 g/mol. The first kappa shape index (κ1) is 12.0. The molecule has 0 aromatic rings. The van der Waals surface area contributed by atoms with E-state index in [1.54, 1.807) is 0 Å². The van der Waals surface area contributed by atoms with Crippen molar-refractivity contribution in [3.05, 3.63) is 0 Å². The molecule has 0 spiro atoms. The quantitative estimate of drug-likeness (QED) is 0.466. The van der Waals surface area contributed by atoms with Gasteiger partial charge in [0.2, 0.25) is 0 Å². The van der Waals surface area contributed by atoms with Gasteiger partial charge in [-0.2, -0.15) is 0 Å². The van der Waals surface area contributed by atoms with Crippen molar-refractivity contribution in [2.75, 3.05) is 6.61 Å². The van der Waals surface area contributed by atoms with Crippen LogP contribution >= 0.6 is 8.69 Å². The molecule has 0 saturated carbocycles. The van der Waals surface area contributed by atoms with Crippen LogP contribution in [0.25, 0.3) is 0 Å². The summed E-state index contributed by atoms with van der Waals surface area (Å²) in [5.41, 5.74) is 0. The average molecular weight is 162 g/mol. The minimum Gasteiger partial charge on any atom is -1.00 e. The maximum Gasteiger partial charge on any atom is 2.00 e. The molecule has 0 heterocycles. The van der Waals surface area contributed by atoms with Gasteiger partial charge in [-0.3, -0.25) is 4.52 Å². The van der Waals surface area contributed by atoms with Gasteiger partial charge in [-0.15, -0.1) is 0 Å². The Kier molecular flexibility index (Phi) is 12.5. The van der Waals surface area contributed by atoms with Crippen LogP contribution in [0, 0.1) is 5.92 Å². The molecule has 0 aromatic carbocycles. The SMILES string of the molecule is CC(C)COP=O.[Ca+2].[H-].[H-]. The van der Waals surface area contributed by atoms with Crippen molar-refractivity contribution in [3.8, 4) is 0 Å². The Morgan fingerprint density at radius 3 is 2.38 bits per heavy atom. The molecule has 0 saturated heterocycles. The molecule has 4 heteroatoms. The fourth-order valence-electron chi connectivity index (χ4n) is 0.180. The predicted octanol–water partition coefficient (Wildman–Crippen LogP) is 1.71. The minimum absolute atomic E-state index is 0. The minimum atomic E-state index is -0.210. The summed E-state index contributed by atoms with van der Waals surface area (Å²) in [5.74, 6) is 0.474. The summed E-state index contributed by atoms with van der Waals surface area (Å²) >= 11 is 0. The van der Waals surface area contributed by atoms with E-state index >= 15 is 0 Å². The second kappa shape index (κ2) is 8.32. The molecule has 0 aliphatic rings. The fraction of sp³-hybridized carbons (Fsp3) is 1.00. The van der Waals surface area contributed by atoms with Gasteiger partial charge in [-0.1, -0.05) is 13.8 Å². The normalized spacial score (nSPS) is 9.38. The Balaban J connectivity index is -0.0000000600. The van der Waals surface area contributed by atoms with E-state index in [0.717, 1.165) is 0 Å². The summed E-state index contributed by atoms with van der Waals surface area (Å²) in [7, 11) is -0.210. The number of rotatable bonds is 3. The molecule has 2 nitrogen and oxygen atoms in total. The number of hydrogen-bond donors (Lipinski definition) is 0. The molecule has 8 heavy (non-hydrogen) atoms. The Hall–Kier alpha value is 1.32. The zero-order chi connectivity index (χ0) is 5.70. The molecule has 0 fully saturated rings. The van der Waals surface area contributed by atoms with E-state index in [2.05, 4.69) is 4.52 Å². The summed E-state index contributed by atoms with van der Waals surface area (Å²) in [6.45, 7) is 4.58. The summed E-state index contributed by atoms with van der Waals surface area (Å²) in [5, 5.41) is 0. The molecule has 0 bridgehead atoms. The van der Waals surface area contributed by atoms with E-state index in [-0.39, 0.29) is 49.3 Å². The molecule has 46 valence electrons. The van der Waals surface area contributed by atoms with Gasteiger partial charge in [0, 0.05) is 0 Å². The topological polar surface area (TPSA) is 26.3 Å². The number of hydrogen-bond acceptors (Lipinski definition) is 2. The maximum absolute atomic E-state index is 9.58. The van der Waals surface area contributed by atoms with Gasteiger partial charge in [0.15, 0.2) is 0 Å². The van der Waals surface area contributed by atoms with E-state index in [4.69, 9.17) is 0 Å². The van der Waals surface area contributed by atoms with Gasteiger partial charge in [0.1, 0.15) is 0 Å². The first-order valence-corrected chi connectivity index (χ1v) is 2.95. The molecule has 0 aliphatic carbocycles. The summed E-state index contributed by atoms with van der Waals surface area (Å²) < 4.78 is 14.1.